The number of rotatable bonds is 4. The zero-order valence-electron chi connectivity index (χ0n) is 15.2. The van der Waals surface area contributed by atoms with Crippen molar-refractivity contribution in [3.63, 3.8) is 0 Å². The minimum absolute atomic E-state index is 0.105. The van der Waals surface area contributed by atoms with E-state index in [0.717, 1.165) is 50.6 Å². The minimum atomic E-state index is -0.417. The van der Waals surface area contributed by atoms with Crippen molar-refractivity contribution < 1.29 is 14.9 Å². The van der Waals surface area contributed by atoms with Crippen LogP contribution >= 0.6 is 0 Å². The number of pyridine rings is 1. The summed E-state index contributed by atoms with van der Waals surface area (Å²) in [5.74, 6) is 0.840. The van der Waals surface area contributed by atoms with E-state index in [1.165, 1.54) is 0 Å². The molecule has 3 rings (SSSR count). The molecule has 140 valence electrons. The molecule has 1 fully saturated rings. The summed E-state index contributed by atoms with van der Waals surface area (Å²) in [4.78, 5) is 11.1. The smallest absolute Gasteiger partial charge is 0.165 e. The second-order valence-corrected chi connectivity index (χ2v) is 7.28. The van der Waals surface area contributed by atoms with Gasteiger partial charge >= 0.3 is 0 Å². The average molecular weight is 350 g/mol. The van der Waals surface area contributed by atoms with Gasteiger partial charge in [0.2, 0.25) is 0 Å². The third kappa shape index (κ3) is 5.12. The normalized spacial score (nSPS) is 27.8. The van der Waals surface area contributed by atoms with Gasteiger partial charge < -0.3 is 14.9 Å². The van der Waals surface area contributed by atoms with Crippen LogP contribution in [0.4, 0.5) is 0 Å². The molecule has 2 unspecified atom stereocenters. The molecule has 3 heterocycles. The monoisotopic (exact) mass is 350 g/mol. The summed E-state index contributed by atoms with van der Waals surface area (Å²) < 4.78 is 6.29. The fourth-order valence-electron chi connectivity index (χ4n) is 3.63. The van der Waals surface area contributed by atoms with Crippen LogP contribution in [0.1, 0.15) is 19.4 Å². The van der Waals surface area contributed by atoms with Gasteiger partial charge in [-0.1, -0.05) is 0 Å². The Kier molecular flexibility index (Phi) is 6.24. The Labute approximate surface area is 149 Å². The van der Waals surface area contributed by atoms with E-state index in [1.54, 1.807) is 12.4 Å². The SMILES string of the molecule is C[C@H](O)CN1CCN2Cc3ccncc3OC(C2)N(C[C@H](C)O)CC1. The molecular weight excluding hydrogens is 320 g/mol. The van der Waals surface area contributed by atoms with Crippen molar-refractivity contribution in [1.82, 2.24) is 19.7 Å². The summed E-state index contributed by atoms with van der Waals surface area (Å²) in [5, 5.41) is 19.7. The van der Waals surface area contributed by atoms with E-state index in [1.807, 2.05) is 19.9 Å². The molecule has 7 heteroatoms. The first-order valence-corrected chi connectivity index (χ1v) is 9.15. The lowest BCUT2D eigenvalue weighted by molar-refractivity contribution is -0.0146. The van der Waals surface area contributed by atoms with E-state index in [9.17, 15) is 10.2 Å². The number of nitrogens with zero attached hydrogens (tertiary/aromatic N) is 4. The lowest BCUT2D eigenvalue weighted by Crippen LogP contribution is -2.49. The van der Waals surface area contributed by atoms with Crippen molar-refractivity contribution in [1.29, 1.82) is 0 Å². The van der Waals surface area contributed by atoms with Crippen LogP contribution in [-0.4, -0.2) is 94.1 Å². The Morgan fingerprint density at radius 3 is 2.68 bits per heavy atom. The highest BCUT2D eigenvalue weighted by atomic mass is 16.5. The quantitative estimate of drug-likeness (QED) is 0.791. The molecule has 0 aromatic carbocycles. The second kappa shape index (κ2) is 8.42. The molecule has 2 bridgehead atoms. The molecule has 0 radical (unpaired) electrons. The lowest BCUT2D eigenvalue weighted by atomic mass is 10.2. The van der Waals surface area contributed by atoms with Crippen molar-refractivity contribution in [2.75, 3.05) is 45.8 Å². The number of β-amino-alcohol motifs (C(OH)–C–C–N with tert-alkyl or cyclic N) is 2. The van der Waals surface area contributed by atoms with Gasteiger partial charge in [-0.05, 0) is 19.9 Å². The molecular formula is C18H30N4O3. The molecule has 1 aromatic rings. The van der Waals surface area contributed by atoms with Crippen molar-refractivity contribution >= 4 is 0 Å². The van der Waals surface area contributed by atoms with Crippen LogP contribution in [0, 0.1) is 0 Å². The maximum atomic E-state index is 9.93. The molecule has 1 saturated heterocycles. The number of ether oxygens (including phenoxy) is 1. The van der Waals surface area contributed by atoms with Gasteiger partial charge in [0.05, 0.1) is 18.4 Å². The molecule has 4 atom stereocenters. The number of aromatic nitrogens is 1. The van der Waals surface area contributed by atoms with E-state index < -0.39 is 6.10 Å². The van der Waals surface area contributed by atoms with Gasteiger partial charge in [0.1, 0.15) is 5.75 Å². The maximum Gasteiger partial charge on any atom is 0.165 e. The predicted molar refractivity (Wildman–Crippen MR) is 95.3 cm³/mol. The summed E-state index contributed by atoms with van der Waals surface area (Å²) in [6.07, 6.45) is 2.73. The highest BCUT2D eigenvalue weighted by Gasteiger charge is 2.30. The van der Waals surface area contributed by atoms with E-state index in [-0.39, 0.29) is 12.3 Å². The molecule has 0 spiro atoms. The van der Waals surface area contributed by atoms with Gasteiger partial charge in [-0.25, -0.2) is 0 Å². The van der Waals surface area contributed by atoms with Crippen LogP contribution in [0.25, 0.3) is 0 Å². The topological polar surface area (TPSA) is 72.3 Å². The first-order chi connectivity index (χ1) is 12.0. The summed E-state index contributed by atoms with van der Waals surface area (Å²) >= 11 is 0. The van der Waals surface area contributed by atoms with Gasteiger partial charge in [-0.3, -0.25) is 19.7 Å². The summed E-state index contributed by atoms with van der Waals surface area (Å²) in [7, 11) is 0. The number of hydrogen-bond donors (Lipinski definition) is 2. The van der Waals surface area contributed by atoms with Crippen molar-refractivity contribution in [2.45, 2.75) is 38.8 Å². The van der Waals surface area contributed by atoms with Crippen LogP contribution in [0.3, 0.4) is 0 Å². The van der Waals surface area contributed by atoms with Crippen LogP contribution in [-0.2, 0) is 6.54 Å². The van der Waals surface area contributed by atoms with Crippen LogP contribution in [0.15, 0.2) is 18.5 Å². The van der Waals surface area contributed by atoms with Gasteiger partial charge in [-0.15, -0.1) is 0 Å². The first-order valence-electron chi connectivity index (χ1n) is 9.15. The standard InChI is InChI=1S/C18H30N4O3/c1-14(23)10-20-5-6-21-12-16-3-4-19-9-17(16)25-18(13-21)22(8-7-20)11-15(2)24/h3-4,9,14-15,18,23-24H,5-8,10-13H2,1-2H3/t14-,15-,18?/m0/s1. The summed E-state index contributed by atoms with van der Waals surface area (Å²) in [6.45, 7) is 10.00. The fraction of sp³-hybridized carbons (Fsp3) is 0.722. The van der Waals surface area contributed by atoms with Crippen LogP contribution < -0.4 is 4.74 Å². The molecule has 2 aliphatic heterocycles. The van der Waals surface area contributed by atoms with Crippen molar-refractivity contribution in [3.05, 3.63) is 24.0 Å². The molecule has 0 saturated carbocycles. The zero-order valence-corrected chi connectivity index (χ0v) is 15.2. The van der Waals surface area contributed by atoms with Crippen molar-refractivity contribution in [2.24, 2.45) is 0 Å². The van der Waals surface area contributed by atoms with Gasteiger partial charge in [0.25, 0.3) is 0 Å². The van der Waals surface area contributed by atoms with Crippen LogP contribution in [0.2, 0.25) is 0 Å². The fourth-order valence-corrected chi connectivity index (χ4v) is 3.63. The Hall–Kier alpha value is -1.25. The van der Waals surface area contributed by atoms with E-state index in [0.29, 0.717) is 13.1 Å². The number of fused-ring (bicyclic) bond motifs is 3. The minimum Gasteiger partial charge on any atom is -0.472 e. The third-order valence-electron chi connectivity index (χ3n) is 4.81. The molecule has 0 amide bonds. The lowest BCUT2D eigenvalue weighted by Gasteiger charge is -2.33. The highest BCUT2D eigenvalue weighted by molar-refractivity contribution is 5.30. The predicted octanol–water partition coefficient (Wildman–Crippen LogP) is -0.0187. The third-order valence-corrected chi connectivity index (χ3v) is 4.81. The Bertz CT molecular complexity index is 555. The molecule has 0 aliphatic carbocycles. The average Bonchev–Trinajstić information content (AvgIpc) is 2.69. The Morgan fingerprint density at radius 1 is 1.16 bits per heavy atom. The first kappa shape index (κ1) is 18.5. The zero-order chi connectivity index (χ0) is 17.8. The molecule has 7 nitrogen and oxygen atoms in total. The summed E-state index contributed by atoms with van der Waals surface area (Å²) in [5.41, 5.74) is 1.15. The second-order valence-electron chi connectivity index (χ2n) is 7.28. The number of hydrogen-bond acceptors (Lipinski definition) is 7. The maximum absolute atomic E-state index is 9.93. The van der Waals surface area contributed by atoms with Crippen LogP contribution in [0.5, 0.6) is 5.75 Å². The Morgan fingerprint density at radius 2 is 1.92 bits per heavy atom. The van der Waals surface area contributed by atoms with E-state index in [4.69, 9.17) is 4.74 Å². The van der Waals surface area contributed by atoms with E-state index in [2.05, 4.69) is 19.7 Å². The molecule has 2 aliphatic rings. The van der Waals surface area contributed by atoms with Gasteiger partial charge in [-0.2, -0.15) is 0 Å². The van der Waals surface area contributed by atoms with Gasteiger partial charge in [0.15, 0.2) is 6.23 Å². The number of aliphatic hydroxyl groups is 2. The Balaban J connectivity index is 1.83. The molecule has 2 N–H and O–H groups in total. The molecule has 1 aromatic heterocycles. The van der Waals surface area contributed by atoms with Crippen molar-refractivity contribution in [3.8, 4) is 5.75 Å². The van der Waals surface area contributed by atoms with E-state index >= 15 is 0 Å². The van der Waals surface area contributed by atoms with Gasteiger partial charge in [0, 0.05) is 64.1 Å². The largest absolute Gasteiger partial charge is 0.472 e. The summed E-state index contributed by atoms with van der Waals surface area (Å²) in [6, 6.07) is 2.02. The highest BCUT2D eigenvalue weighted by Crippen LogP contribution is 2.25. The number of aliphatic hydroxyl groups excluding tert-OH is 2. The molecule has 25 heavy (non-hydrogen) atoms.